The molecule has 1 heterocycles. The van der Waals surface area contributed by atoms with Crippen molar-refractivity contribution in [2.75, 3.05) is 0 Å². The molecule has 2 aromatic rings. The van der Waals surface area contributed by atoms with Gasteiger partial charge in [0.2, 0.25) is 0 Å². The number of thiazole rings is 1. The van der Waals surface area contributed by atoms with Crippen LogP contribution in [0.25, 0.3) is 10.6 Å². The zero-order valence-corrected chi connectivity index (χ0v) is 19.8. The summed E-state index contributed by atoms with van der Waals surface area (Å²) >= 11 is 7.85. The minimum atomic E-state index is -0.345. The van der Waals surface area contributed by atoms with Crippen LogP contribution in [0.1, 0.15) is 68.9 Å². The van der Waals surface area contributed by atoms with Crippen LogP contribution < -0.4 is 0 Å². The van der Waals surface area contributed by atoms with Gasteiger partial charge in [-0.1, -0.05) is 37.6 Å². The molecule has 0 radical (unpaired) electrons. The standard InChI is InChI=1S/C26H30ClNO2S/c1-25-11-9-18-16(17(25)7-8-21(25)30)13-20(29)22-23-19(10-12-26(18,22)2)28-24(31-23)14-3-5-15(27)6-4-14/h3-6,16-18,20,22,29H,7-13H2,1-2H3/t16-,17-,18-,20-,22-,25-,26+/m0/s1. The number of halogens is 1. The molecule has 0 saturated heterocycles. The van der Waals surface area contributed by atoms with Crippen molar-refractivity contribution in [1.82, 2.24) is 4.98 Å². The topological polar surface area (TPSA) is 50.2 Å². The summed E-state index contributed by atoms with van der Waals surface area (Å²) in [7, 11) is 0. The predicted octanol–water partition coefficient (Wildman–Crippen LogP) is 6.28. The highest BCUT2D eigenvalue weighted by molar-refractivity contribution is 7.15. The lowest BCUT2D eigenvalue weighted by Gasteiger charge is -2.60. The molecule has 0 aliphatic heterocycles. The SMILES string of the molecule is C[C@]12CCc3nc(-c4ccc(Cl)cc4)sc3[C@@H]1[C@@H](O)C[C@@H]1[C@@H]2CC[C@]2(C)C(=O)CC[C@@H]12. The Balaban J connectivity index is 1.38. The molecule has 0 spiro atoms. The van der Waals surface area contributed by atoms with Gasteiger partial charge in [-0.3, -0.25) is 4.79 Å². The Morgan fingerprint density at radius 1 is 1.10 bits per heavy atom. The molecule has 0 unspecified atom stereocenters. The summed E-state index contributed by atoms with van der Waals surface area (Å²) in [6.45, 7) is 4.65. The molecular weight excluding hydrogens is 426 g/mol. The van der Waals surface area contributed by atoms with Gasteiger partial charge >= 0.3 is 0 Å². The number of carbonyl (C=O) groups is 1. The molecule has 7 atom stereocenters. The van der Waals surface area contributed by atoms with Crippen molar-refractivity contribution in [3.05, 3.63) is 39.9 Å². The van der Waals surface area contributed by atoms with Gasteiger partial charge in [0.25, 0.3) is 0 Å². The molecule has 1 aromatic heterocycles. The van der Waals surface area contributed by atoms with E-state index in [1.54, 1.807) is 11.3 Å². The Bertz CT molecular complexity index is 1050. The van der Waals surface area contributed by atoms with Crippen LogP contribution in [-0.4, -0.2) is 22.0 Å². The second-order valence-electron chi connectivity index (χ2n) is 10.9. The van der Waals surface area contributed by atoms with E-state index < -0.39 is 0 Å². The van der Waals surface area contributed by atoms with Crippen molar-refractivity contribution in [3.63, 3.8) is 0 Å². The van der Waals surface area contributed by atoms with Crippen LogP contribution in [-0.2, 0) is 11.2 Å². The summed E-state index contributed by atoms with van der Waals surface area (Å²) in [6.07, 6.45) is 6.49. The maximum atomic E-state index is 12.7. The van der Waals surface area contributed by atoms with Gasteiger partial charge in [0, 0.05) is 33.2 Å². The summed E-state index contributed by atoms with van der Waals surface area (Å²) in [4.78, 5) is 19.0. The van der Waals surface area contributed by atoms with Crippen LogP contribution in [0.15, 0.2) is 24.3 Å². The number of nitrogens with zero attached hydrogens (tertiary/aromatic N) is 1. The van der Waals surface area contributed by atoms with E-state index in [0.29, 0.717) is 23.5 Å². The van der Waals surface area contributed by atoms with Crippen molar-refractivity contribution >= 4 is 28.7 Å². The third kappa shape index (κ3) is 2.80. The molecule has 3 fully saturated rings. The van der Waals surface area contributed by atoms with Crippen molar-refractivity contribution in [2.45, 2.75) is 70.8 Å². The Kier molecular flexibility index (Phi) is 4.53. The zero-order valence-electron chi connectivity index (χ0n) is 18.2. The molecular formula is C26H30ClNO2S. The van der Waals surface area contributed by atoms with Gasteiger partial charge < -0.3 is 5.11 Å². The molecule has 4 aliphatic carbocycles. The number of rotatable bonds is 1. The Morgan fingerprint density at radius 2 is 1.87 bits per heavy atom. The summed E-state index contributed by atoms with van der Waals surface area (Å²) < 4.78 is 0. The normalized spacial score (nSPS) is 41.3. The van der Waals surface area contributed by atoms with Crippen LogP contribution >= 0.6 is 22.9 Å². The van der Waals surface area contributed by atoms with Crippen LogP contribution in [0.3, 0.4) is 0 Å². The number of aliphatic hydroxyl groups excluding tert-OH is 1. The van der Waals surface area contributed by atoms with E-state index in [1.165, 1.54) is 10.6 Å². The highest BCUT2D eigenvalue weighted by atomic mass is 35.5. The van der Waals surface area contributed by atoms with Crippen molar-refractivity contribution in [2.24, 2.45) is 28.6 Å². The first-order valence-corrected chi connectivity index (χ1v) is 13.0. The Morgan fingerprint density at radius 3 is 2.65 bits per heavy atom. The third-order valence-corrected chi connectivity index (χ3v) is 11.1. The van der Waals surface area contributed by atoms with E-state index in [0.717, 1.165) is 60.5 Å². The molecule has 3 saturated carbocycles. The molecule has 164 valence electrons. The Hall–Kier alpha value is -1.23. The molecule has 3 nitrogen and oxygen atoms in total. The van der Waals surface area contributed by atoms with Gasteiger partial charge in [0.05, 0.1) is 11.8 Å². The average Bonchev–Trinajstić information content (AvgIpc) is 3.29. The summed E-state index contributed by atoms with van der Waals surface area (Å²) in [5, 5.41) is 13.3. The molecule has 0 bridgehead atoms. The quantitative estimate of drug-likeness (QED) is 0.550. The van der Waals surface area contributed by atoms with E-state index in [-0.39, 0.29) is 22.9 Å². The van der Waals surface area contributed by atoms with Crippen molar-refractivity contribution in [3.8, 4) is 10.6 Å². The fraction of sp³-hybridized carbons (Fsp3) is 0.615. The predicted molar refractivity (Wildman–Crippen MR) is 124 cm³/mol. The average molecular weight is 456 g/mol. The lowest BCUT2D eigenvalue weighted by Crippen LogP contribution is -2.56. The molecule has 1 aromatic carbocycles. The van der Waals surface area contributed by atoms with E-state index in [2.05, 4.69) is 13.8 Å². The van der Waals surface area contributed by atoms with Gasteiger partial charge in [0.1, 0.15) is 10.8 Å². The zero-order chi connectivity index (χ0) is 21.5. The fourth-order valence-corrected chi connectivity index (χ4v) is 9.56. The highest BCUT2D eigenvalue weighted by Crippen LogP contribution is 2.67. The van der Waals surface area contributed by atoms with Gasteiger partial charge in [-0.2, -0.15) is 0 Å². The van der Waals surface area contributed by atoms with Gasteiger partial charge in [-0.25, -0.2) is 4.98 Å². The number of fused-ring (bicyclic) bond motifs is 7. The van der Waals surface area contributed by atoms with Crippen molar-refractivity contribution in [1.29, 1.82) is 0 Å². The number of benzene rings is 1. The summed E-state index contributed by atoms with van der Waals surface area (Å²) in [6, 6.07) is 7.92. The molecule has 31 heavy (non-hydrogen) atoms. The first kappa shape index (κ1) is 20.4. The number of aliphatic hydroxyl groups is 1. The largest absolute Gasteiger partial charge is 0.392 e. The number of hydrogen-bond acceptors (Lipinski definition) is 4. The smallest absolute Gasteiger partial charge is 0.139 e. The number of ketones is 1. The van der Waals surface area contributed by atoms with Crippen molar-refractivity contribution < 1.29 is 9.90 Å². The first-order valence-electron chi connectivity index (χ1n) is 11.8. The van der Waals surface area contributed by atoms with Crippen LogP contribution in [0, 0.1) is 28.6 Å². The monoisotopic (exact) mass is 455 g/mol. The number of Topliss-reactive ketones (excluding diaryl/α,β-unsaturated/α-hetero) is 1. The minimum Gasteiger partial charge on any atom is -0.392 e. The maximum absolute atomic E-state index is 12.7. The Labute approximate surface area is 193 Å². The van der Waals surface area contributed by atoms with Crippen LogP contribution in [0.4, 0.5) is 0 Å². The van der Waals surface area contributed by atoms with E-state index >= 15 is 0 Å². The fourth-order valence-electron chi connectivity index (χ4n) is 8.00. The molecule has 1 N–H and O–H groups in total. The molecule has 5 heteroatoms. The molecule has 6 rings (SSSR count). The van der Waals surface area contributed by atoms with E-state index in [9.17, 15) is 9.90 Å². The minimum absolute atomic E-state index is 0.0894. The number of aromatic nitrogens is 1. The van der Waals surface area contributed by atoms with E-state index in [1.807, 2.05) is 24.3 Å². The second kappa shape index (κ2) is 6.88. The second-order valence-corrected chi connectivity index (χ2v) is 12.4. The van der Waals surface area contributed by atoms with Crippen LogP contribution in [0.2, 0.25) is 5.02 Å². The van der Waals surface area contributed by atoms with Gasteiger partial charge in [-0.15, -0.1) is 11.3 Å². The summed E-state index contributed by atoms with van der Waals surface area (Å²) in [5.41, 5.74) is 2.24. The first-order chi connectivity index (χ1) is 14.8. The van der Waals surface area contributed by atoms with Crippen LogP contribution in [0.5, 0.6) is 0 Å². The highest BCUT2D eigenvalue weighted by Gasteiger charge is 2.62. The number of hydrogen-bond donors (Lipinski definition) is 1. The lowest BCUT2D eigenvalue weighted by atomic mass is 9.45. The van der Waals surface area contributed by atoms with E-state index in [4.69, 9.17) is 16.6 Å². The van der Waals surface area contributed by atoms with Gasteiger partial charge in [0.15, 0.2) is 0 Å². The molecule has 4 aliphatic rings. The summed E-state index contributed by atoms with van der Waals surface area (Å²) in [5.74, 6) is 2.17. The lowest BCUT2D eigenvalue weighted by molar-refractivity contribution is -0.142. The number of aryl methyl sites for hydroxylation is 1. The van der Waals surface area contributed by atoms with Gasteiger partial charge in [-0.05, 0) is 73.8 Å². The maximum Gasteiger partial charge on any atom is 0.139 e. The molecule has 0 amide bonds. The number of carbonyl (C=O) groups excluding carboxylic acids is 1. The third-order valence-electron chi connectivity index (χ3n) is 9.60.